The third-order valence-electron chi connectivity index (χ3n) is 4.06. The number of nitrogens with zero attached hydrogens (tertiary/aromatic N) is 1. The third-order valence-corrected chi connectivity index (χ3v) is 4.06. The van der Waals surface area contributed by atoms with Crippen LogP contribution in [0.3, 0.4) is 0 Å². The summed E-state index contributed by atoms with van der Waals surface area (Å²) in [6.45, 7) is 6.85. The Morgan fingerprint density at radius 1 is 1.20 bits per heavy atom. The molecule has 4 heteroatoms. The molecule has 0 N–H and O–H groups in total. The van der Waals surface area contributed by atoms with E-state index in [0.717, 1.165) is 0 Å². The standard InChI is InChI=1S/C16H23NO2.HI/c1-12(2)17-10-8-14(9-11-17)13-4-6-15(7-5-13)16(18)19-3;/h4-7,12,14H,8-11H2,1-3H3;1H. The zero-order chi connectivity index (χ0) is 13.8. The molecule has 0 aliphatic carbocycles. The number of hydrogen-bond acceptors (Lipinski definition) is 3. The Bertz CT molecular complexity index is 423. The maximum atomic E-state index is 11.4. The van der Waals surface area contributed by atoms with E-state index >= 15 is 0 Å². The van der Waals surface area contributed by atoms with E-state index in [-0.39, 0.29) is 29.9 Å². The monoisotopic (exact) mass is 389 g/mol. The van der Waals surface area contributed by atoms with Crippen LogP contribution in [0.15, 0.2) is 24.3 Å². The lowest BCUT2D eigenvalue weighted by atomic mass is 9.88. The summed E-state index contributed by atoms with van der Waals surface area (Å²) in [4.78, 5) is 13.9. The first kappa shape index (κ1) is 17.4. The van der Waals surface area contributed by atoms with Gasteiger partial charge in [0.25, 0.3) is 0 Å². The van der Waals surface area contributed by atoms with Gasteiger partial charge < -0.3 is 9.64 Å². The summed E-state index contributed by atoms with van der Waals surface area (Å²) in [5.41, 5.74) is 1.97. The van der Waals surface area contributed by atoms with Crippen molar-refractivity contribution in [2.75, 3.05) is 20.2 Å². The van der Waals surface area contributed by atoms with Crippen molar-refractivity contribution >= 4 is 29.9 Å². The Kier molecular flexibility index (Phi) is 6.95. The largest absolute Gasteiger partial charge is 0.465 e. The molecular formula is C16H24INO2. The van der Waals surface area contributed by atoms with Gasteiger partial charge in [0.2, 0.25) is 0 Å². The van der Waals surface area contributed by atoms with Gasteiger partial charge >= 0.3 is 5.97 Å². The number of ether oxygens (including phenoxy) is 1. The Hall–Kier alpha value is -0.620. The van der Waals surface area contributed by atoms with Crippen LogP contribution in [0.5, 0.6) is 0 Å². The van der Waals surface area contributed by atoms with Crippen molar-refractivity contribution in [1.29, 1.82) is 0 Å². The van der Waals surface area contributed by atoms with Crippen LogP contribution in [-0.2, 0) is 4.74 Å². The molecule has 0 radical (unpaired) electrons. The van der Waals surface area contributed by atoms with Crippen molar-refractivity contribution in [3.05, 3.63) is 35.4 Å². The number of halogens is 1. The fraction of sp³-hybridized carbons (Fsp3) is 0.562. The smallest absolute Gasteiger partial charge is 0.337 e. The number of carbonyl (C=O) groups excluding carboxylic acids is 1. The maximum absolute atomic E-state index is 11.4. The van der Waals surface area contributed by atoms with E-state index in [2.05, 4.69) is 30.9 Å². The number of hydrogen-bond donors (Lipinski definition) is 0. The molecule has 1 heterocycles. The summed E-state index contributed by atoms with van der Waals surface area (Å²) < 4.78 is 4.72. The molecule has 0 atom stereocenters. The summed E-state index contributed by atoms with van der Waals surface area (Å²) in [6.07, 6.45) is 2.41. The molecule has 1 saturated heterocycles. The summed E-state index contributed by atoms with van der Waals surface area (Å²) in [7, 11) is 1.41. The van der Waals surface area contributed by atoms with Crippen molar-refractivity contribution < 1.29 is 9.53 Å². The van der Waals surface area contributed by atoms with Crippen LogP contribution in [0.25, 0.3) is 0 Å². The molecule has 1 aliphatic heterocycles. The molecule has 0 spiro atoms. The molecule has 0 bridgehead atoms. The molecule has 0 unspecified atom stereocenters. The van der Waals surface area contributed by atoms with Crippen molar-refractivity contribution in [3.8, 4) is 0 Å². The van der Waals surface area contributed by atoms with Gasteiger partial charge in [-0.2, -0.15) is 0 Å². The number of piperidine rings is 1. The molecule has 0 saturated carbocycles. The number of benzene rings is 1. The van der Waals surface area contributed by atoms with Crippen molar-refractivity contribution in [2.45, 2.75) is 38.6 Å². The predicted molar refractivity (Wildman–Crippen MR) is 91.9 cm³/mol. The number of esters is 1. The highest BCUT2D eigenvalue weighted by molar-refractivity contribution is 14.0. The zero-order valence-corrected chi connectivity index (χ0v) is 14.8. The number of carbonyl (C=O) groups is 1. The number of likely N-dealkylation sites (tertiary alicyclic amines) is 1. The Labute approximate surface area is 138 Å². The van der Waals surface area contributed by atoms with Gasteiger partial charge in [-0.05, 0) is 63.4 Å². The van der Waals surface area contributed by atoms with E-state index in [4.69, 9.17) is 4.74 Å². The van der Waals surface area contributed by atoms with Crippen LogP contribution >= 0.6 is 24.0 Å². The molecule has 1 aromatic carbocycles. The summed E-state index contributed by atoms with van der Waals surface area (Å²) in [5, 5.41) is 0. The Morgan fingerprint density at radius 3 is 2.20 bits per heavy atom. The first-order valence-corrected chi connectivity index (χ1v) is 7.04. The van der Waals surface area contributed by atoms with Crippen LogP contribution in [0.1, 0.15) is 48.5 Å². The lowest BCUT2D eigenvalue weighted by Gasteiger charge is -2.34. The van der Waals surface area contributed by atoms with E-state index in [9.17, 15) is 4.79 Å². The zero-order valence-electron chi connectivity index (χ0n) is 12.5. The van der Waals surface area contributed by atoms with E-state index in [1.165, 1.54) is 38.6 Å². The molecule has 1 aromatic rings. The second kappa shape index (κ2) is 7.98. The number of methoxy groups -OCH3 is 1. The minimum absolute atomic E-state index is 0. The Balaban J connectivity index is 0.00000200. The normalized spacial score (nSPS) is 16.8. The highest BCUT2D eigenvalue weighted by Gasteiger charge is 2.22. The molecule has 112 valence electrons. The molecule has 2 rings (SSSR count). The van der Waals surface area contributed by atoms with Gasteiger partial charge in [0, 0.05) is 6.04 Å². The molecule has 3 nitrogen and oxygen atoms in total. The highest BCUT2D eigenvalue weighted by Crippen LogP contribution is 2.28. The summed E-state index contributed by atoms with van der Waals surface area (Å²) >= 11 is 0. The van der Waals surface area contributed by atoms with Crippen LogP contribution in [0.2, 0.25) is 0 Å². The lowest BCUT2D eigenvalue weighted by Crippen LogP contribution is -2.37. The topological polar surface area (TPSA) is 29.5 Å². The minimum Gasteiger partial charge on any atom is -0.465 e. The Morgan fingerprint density at radius 2 is 1.75 bits per heavy atom. The number of rotatable bonds is 3. The average Bonchev–Trinajstić information content (AvgIpc) is 2.46. The fourth-order valence-electron chi connectivity index (χ4n) is 2.76. The van der Waals surface area contributed by atoms with E-state index in [1.807, 2.05) is 12.1 Å². The first-order chi connectivity index (χ1) is 9.11. The third kappa shape index (κ3) is 4.19. The van der Waals surface area contributed by atoms with E-state index in [1.54, 1.807) is 0 Å². The van der Waals surface area contributed by atoms with Crippen LogP contribution in [0.4, 0.5) is 0 Å². The average molecular weight is 389 g/mol. The molecule has 1 aliphatic rings. The van der Waals surface area contributed by atoms with Gasteiger partial charge in [0.1, 0.15) is 0 Å². The van der Waals surface area contributed by atoms with Crippen molar-refractivity contribution in [2.24, 2.45) is 0 Å². The van der Waals surface area contributed by atoms with Gasteiger partial charge in [0.05, 0.1) is 12.7 Å². The molecular weight excluding hydrogens is 365 g/mol. The molecule has 20 heavy (non-hydrogen) atoms. The van der Waals surface area contributed by atoms with Gasteiger partial charge in [-0.25, -0.2) is 4.79 Å². The molecule has 0 amide bonds. The maximum Gasteiger partial charge on any atom is 0.337 e. The van der Waals surface area contributed by atoms with E-state index < -0.39 is 0 Å². The van der Waals surface area contributed by atoms with Crippen LogP contribution < -0.4 is 0 Å². The van der Waals surface area contributed by atoms with Crippen molar-refractivity contribution in [3.63, 3.8) is 0 Å². The predicted octanol–water partition coefficient (Wildman–Crippen LogP) is 3.68. The SMILES string of the molecule is COC(=O)c1ccc(C2CCN(C(C)C)CC2)cc1.I. The fourth-order valence-corrected chi connectivity index (χ4v) is 2.76. The lowest BCUT2D eigenvalue weighted by molar-refractivity contribution is 0.0600. The molecule has 0 aromatic heterocycles. The second-order valence-corrected chi connectivity index (χ2v) is 5.52. The summed E-state index contributed by atoms with van der Waals surface area (Å²) in [6, 6.07) is 8.53. The first-order valence-electron chi connectivity index (χ1n) is 7.04. The second-order valence-electron chi connectivity index (χ2n) is 5.52. The van der Waals surface area contributed by atoms with Gasteiger partial charge in [-0.1, -0.05) is 12.1 Å². The minimum atomic E-state index is -0.263. The van der Waals surface area contributed by atoms with Gasteiger partial charge in [0.15, 0.2) is 0 Å². The van der Waals surface area contributed by atoms with E-state index in [0.29, 0.717) is 17.5 Å². The van der Waals surface area contributed by atoms with Gasteiger partial charge in [-0.3, -0.25) is 0 Å². The quantitative estimate of drug-likeness (QED) is 0.584. The van der Waals surface area contributed by atoms with Crippen LogP contribution in [-0.4, -0.2) is 37.1 Å². The molecule has 1 fully saturated rings. The van der Waals surface area contributed by atoms with Crippen molar-refractivity contribution in [1.82, 2.24) is 4.90 Å². The summed E-state index contributed by atoms with van der Waals surface area (Å²) in [5.74, 6) is 0.364. The van der Waals surface area contributed by atoms with Gasteiger partial charge in [-0.15, -0.1) is 24.0 Å². The van der Waals surface area contributed by atoms with Crippen LogP contribution in [0, 0.1) is 0 Å². The highest BCUT2D eigenvalue weighted by atomic mass is 127.